The summed E-state index contributed by atoms with van der Waals surface area (Å²) in [6.07, 6.45) is 4.90. The maximum atomic E-state index is 5.64. The first-order valence-corrected chi connectivity index (χ1v) is 5.65. The summed E-state index contributed by atoms with van der Waals surface area (Å²) in [6, 6.07) is 0.125. The van der Waals surface area contributed by atoms with Crippen molar-refractivity contribution in [2.45, 2.75) is 13.0 Å². The van der Waals surface area contributed by atoms with Crippen LogP contribution in [-0.2, 0) is 0 Å². The molecule has 2 aromatic rings. The number of halogens is 1. The summed E-state index contributed by atoms with van der Waals surface area (Å²) in [5.41, 5.74) is 0. The Morgan fingerprint density at radius 2 is 2.20 bits per heavy atom. The summed E-state index contributed by atoms with van der Waals surface area (Å²) in [7, 11) is 0. The molecule has 0 fully saturated rings. The van der Waals surface area contributed by atoms with Crippen molar-refractivity contribution in [1.29, 1.82) is 0 Å². The first-order chi connectivity index (χ1) is 7.25. The van der Waals surface area contributed by atoms with Gasteiger partial charge < -0.3 is 5.32 Å². The molecule has 0 radical (unpaired) electrons. The van der Waals surface area contributed by atoms with Crippen LogP contribution in [-0.4, -0.2) is 15.0 Å². The van der Waals surface area contributed by atoms with E-state index in [-0.39, 0.29) is 6.04 Å². The molecule has 0 amide bonds. The highest BCUT2D eigenvalue weighted by atomic mass is 35.5. The Balaban J connectivity index is 2.06. The van der Waals surface area contributed by atoms with E-state index in [9.17, 15) is 0 Å². The Labute approximate surface area is 96.4 Å². The van der Waals surface area contributed by atoms with Gasteiger partial charge in [0.05, 0.1) is 18.4 Å². The fraction of sp³-hybridized carbons (Fsp3) is 0.222. The van der Waals surface area contributed by atoms with Crippen molar-refractivity contribution in [2.75, 3.05) is 5.32 Å². The molecule has 0 bridgehead atoms. The molecule has 2 rings (SSSR count). The Morgan fingerprint density at radius 3 is 2.80 bits per heavy atom. The quantitative estimate of drug-likeness (QED) is 0.896. The van der Waals surface area contributed by atoms with Crippen LogP contribution in [0.15, 0.2) is 24.0 Å². The Morgan fingerprint density at radius 1 is 1.33 bits per heavy atom. The minimum Gasteiger partial charge on any atom is -0.360 e. The van der Waals surface area contributed by atoms with Gasteiger partial charge in [-0.25, -0.2) is 15.0 Å². The molecule has 78 valence electrons. The lowest BCUT2D eigenvalue weighted by atomic mass is 10.3. The number of hydrogen-bond acceptors (Lipinski definition) is 5. The Bertz CT molecular complexity index is 414. The van der Waals surface area contributed by atoms with E-state index < -0.39 is 0 Å². The highest BCUT2D eigenvalue weighted by Crippen LogP contribution is 2.19. The molecule has 0 aliphatic carbocycles. The molecule has 0 aromatic carbocycles. The van der Waals surface area contributed by atoms with Crippen molar-refractivity contribution in [3.63, 3.8) is 0 Å². The molecule has 4 nitrogen and oxygen atoms in total. The van der Waals surface area contributed by atoms with Gasteiger partial charge in [-0.2, -0.15) is 0 Å². The van der Waals surface area contributed by atoms with E-state index in [0.29, 0.717) is 11.0 Å². The molecule has 0 aliphatic rings. The summed E-state index contributed by atoms with van der Waals surface area (Å²) in [4.78, 5) is 12.2. The van der Waals surface area contributed by atoms with Crippen LogP contribution in [0.4, 0.5) is 5.82 Å². The lowest BCUT2D eigenvalue weighted by Gasteiger charge is -2.10. The standard InChI is InChI=1S/C9H9ClN4S/c1-6(9-11-2-3-15-9)14-8-5-12-7(10)4-13-8/h2-6H,1H3,(H,13,14). The van der Waals surface area contributed by atoms with Crippen LogP contribution >= 0.6 is 22.9 Å². The average Bonchev–Trinajstić information content (AvgIpc) is 2.74. The summed E-state index contributed by atoms with van der Waals surface area (Å²) < 4.78 is 0. The van der Waals surface area contributed by atoms with Gasteiger partial charge in [-0.15, -0.1) is 11.3 Å². The van der Waals surface area contributed by atoms with Gasteiger partial charge in [0.2, 0.25) is 0 Å². The summed E-state index contributed by atoms with van der Waals surface area (Å²) in [5, 5.41) is 6.54. The van der Waals surface area contributed by atoms with Crippen LogP contribution < -0.4 is 5.32 Å². The van der Waals surface area contributed by atoms with Gasteiger partial charge in [-0.3, -0.25) is 0 Å². The van der Waals surface area contributed by atoms with Crippen molar-refractivity contribution >= 4 is 28.8 Å². The van der Waals surface area contributed by atoms with Gasteiger partial charge in [0.15, 0.2) is 0 Å². The average molecular weight is 241 g/mol. The number of aromatic nitrogens is 3. The molecule has 1 unspecified atom stereocenters. The normalized spacial score (nSPS) is 12.4. The monoisotopic (exact) mass is 240 g/mol. The Kier molecular flexibility index (Phi) is 3.13. The second-order valence-electron chi connectivity index (χ2n) is 2.96. The molecular formula is C9H9ClN4S. The van der Waals surface area contributed by atoms with Crippen LogP contribution in [0, 0.1) is 0 Å². The van der Waals surface area contributed by atoms with E-state index >= 15 is 0 Å². The number of hydrogen-bond donors (Lipinski definition) is 1. The third kappa shape index (κ3) is 2.64. The molecule has 1 N–H and O–H groups in total. The van der Waals surface area contributed by atoms with Crippen molar-refractivity contribution in [1.82, 2.24) is 15.0 Å². The molecular weight excluding hydrogens is 232 g/mol. The summed E-state index contributed by atoms with van der Waals surface area (Å²) in [6.45, 7) is 2.02. The second kappa shape index (κ2) is 4.55. The smallest absolute Gasteiger partial charge is 0.147 e. The van der Waals surface area contributed by atoms with E-state index in [0.717, 1.165) is 5.01 Å². The third-order valence-electron chi connectivity index (χ3n) is 1.81. The maximum Gasteiger partial charge on any atom is 0.147 e. The van der Waals surface area contributed by atoms with Gasteiger partial charge in [-0.05, 0) is 6.92 Å². The maximum absolute atomic E-state index is 5.64. The van der Waals surface area contributed by atoms with E-state index in [1.807, 2.05) is 12.3 Å². The molecule has 0 aliphatic heterocycles. The summed E-state index contributed by atoms with van der Waals surface area (Å²) in [5.74, 6) is 0.696. The van der Waals surface area contributed by atoms with Gasteiger partial charge in [-0.1, -0.05) is 11.6 Å². The number of nitrogens with zero attached hydrogens (tertiary/aromatic N) is 3. The highest BCUT2D eigenvalue weighted by molar-refractivity contribution is 7.09. The first-order valence-electron chi connectivity index (χ1n) is 4.39. The second-order valence-corrected chi connectivity index (χ2v) is 4.27. The summed E-state index contributed by atoms with van der Waals surface area (Å²) >= 11 is 7.24. The first kappa shape index (κ1) is 10.3. The fourth-order valence-electron chi connectivity index (χ4n) is 1.12. The van der Waals surface area contributed by atoms with E-state index in [4.69, 9.17) is 11.6 Å². The van der Waals surface area contributed by atoms with Crippen molar-refractivity contribution < 1.29 is 0 Å². The van der Waals surface area contributed by atoms with E-state index in [2.05, 4.69) is 20.3 Å². The molecule has 6 heteroatoms. The minimum atomic E-state index is 0.125. The molecule has 2 aromatic heterocycles. The predicted molar refractivity (Wildman–Crippen MR) is 61.2 cm³/mol. The fourth-order valence-corrected chi connectivity index (χ4v) is 1.86. The lowest BCUT2D eigenvalue weighted by Crippen LogP contribution is -2.07. The van der Waals surface area contributed by atoms with Crippen LogP contribution in [0.1, 0.15) is 18.0 Å². The SMILES string of the molecule is CC(Nc1cnc(Cl)cn1)c1nccs1. The molecule has 0 saturated heterocycles. The van der Waals surface area contributed by atoms with Gasteiger partial charge in [0, 0.05) is 11.6 Å². The number of anilines is 1. The Hall–Kier alpha value is -1.20. The lowest BCUT2D eigenvalue weighted by molar-refractivity contribution is 0.858. The number of rotatable bonds is 3. The van der Waals surface area contributed by atoms with Crippen molar-refractivity contribution in [3.05, 3.63) is 34.1 Å². The van der Waals surface area contributed by atoms with Crippen LogP contribution in [0.5, 0.6) is 0 Å². The predicted octanol–water partition coefficient (Wildman–Crippen LogP) is 2.76. The molecule has 0 spiro atoms. The van der Waals surface area contributed by atoms with Crippen molar-refractivity contribution in [3.8, 4) is 0 Å². The number of thiazole rings is 1. The molecule has 15 heavy (non-hydrogen) atoms. The van der Waals surface area contributed by atoms with Gasteiger partial charge in [0.25, 0.3) is 0 Å². The number of nitrogens with one attached hydrogen (secondary N) is 1. The van der Waals surface area contributed by atoms with E-state index in [1.165, 1.54) is 6.20 Å². The van der Waals surface area contributed by atoms with Crippen LogP contribution in [0.2, 0.25) is 5.15 Å². The van der Waals surface area contributed by atoms with Gasteiger partial charge >= 0.3 is 0 Å². The van der Waals surface area contributed by atoms with E-state index in [1.54, 1.807) is 23.7 Å². The third-order valence-corrected chi connectivity index (χ3v) is 2.96. The minimum absolute atomic E-state index is 0.125. The molecule has 1 atom stereocenters. The highest BCUT2D eigenvalue weighted by Gasteiger charge is 2.08. The largest absolute Gasteiger partial charge is 0.360 e. The topological polar surface area (TPSA) is 50.7 Å². The van der Waals surface area contributed by atoms with Crippen molar-refractivity contribution in [2.24, 2.45) is 0 Å². The zero-order valence-electron chi connectivity index (χ0n) is 8.01. The van der Waals surface area contributed by atoms with Crippen LogP contribution in [0.3, 0.4) is 0 Å². The molecule has 2 heterocycles. The zero-order valence-corrected chi connectivity index (χ0v) is 9.59. The zero-order chi connectivity index (χ0) is 10.7. The van der Waals surface area contributed by atoms with Gasteiger partial charge in [0.1, 0.15) is 16.0 Å². The molecule has 0 saturated carbocycles. The van der Waals surface area contributed by atoms with Crippen LogP contribution in [0.25, 0.3) is 0 Å².